The second-order valence-corrected chi connectivity index (χ2v) is 6.68. The maximum absolute atomic E-state index is 11.2. The van der Waals surface area contributed by atoms with Crippen molar-refractivity contribution in [3.05, 3.63) is 0 Å². The molecule has 1 heterocycles. The topological polar surface area (TPSA) is 57.6 Å². The lowest BCUT2D eigenvalue weighted by Gasteiger charge is -2.24. The van der Waals surface area contributed by atoms with E-state index in [2.05, 4.69) is 15.9 Å². The molecule has 1 saturated heterocycles. The zero-order valence-electron chi connectivity index (χ0n) is 8.19. The van der Waals surface area contributed by atoms with E-state index in [9.17, 15) is 13.5 Å². The second kappa shape index (κ2) is 4.92. The van der Waals surface area contributed by atoms with Crippen molar-refractivity contribution in [3.63, 3.8) is 0 Å². The van der Waals surface area contributed by atoms with Crippen LogP contribution in [0.5, 0.6) is 0 Å². The summed E-state index contributed by atoms with van der Waals surface area (Å²) in [6.07, 6.45) is 0.261. The van der Waals surface area contributed by atoms with Crippen LogP contribution in [0.4, 0.5) is 0 Å². The predicted octanol–water partition coefficient (Wildman–Crippen LogP) is -0.139. The summed E-state index contributed by atoms with van der Waals surface area (Å²) in [6.45, 7) is 0.519. The van der Waals surface area contributed by atoms with Crippen LogP contribution in [0, 0.1) is 0 Å². The molecule has 14 heavy (non-hydrogen) atoms. The van der Waals surface area contributed by atoms with Gasteiger partial charge in [-0.05, 0) is 13.5 Å². The van der Waals surface area contributed by atoms with Gasteiger partial charge in [0, 0.05) is 17.9 Å². The summed E-state index contributed by atoms with van der Waals surface area (Å²) in [7, 11) is -0.960. The van der Waals surface area contributed by atoms with E-state index in [1.807, 2.05) is 11.9 Å². The number of sulfone groups is 1. The third-order valence-electron chi connectivity index (χ3n) is 2.51. The van der Waals surface area contributed by atoms with Crippen LogP contribution < -0.4 is 0 Å². The third kappa shape index (κ3) is 3.49. The van der Waals surface area contributed by atoms with E-state index >= 15 is 0 Å². The molecule has 0 amide bonds. The van der Waals surface area contributed by atoms with Crippen molar-refractivity contribution in [3.8, 4) is 0 Å². The summed E-state index contributed by atoms with van der Waals surface area (Å²) in [4.78, 5) is 1.93. The lowest BCUT2D eigenvalue weighted by molar-refractivity contribution is 0.127. The summed E-state index contributed by atoms with van der Waals surface area (Å²) in [5.41, 5.74) is 0. The van der Waals surface area contributed by atoms with Crippen LogP contribution in [0.15, 0.2) is 0 Å². The average molecular weight is 286 g/mol. The molecule has 1 aliphatic heterocycles. The number of hydrogen-bond donors (Lipinski definition) is 1. The van der Waals surface area contributed by atoms with Crippen molar-refractivity contribution in [1.29, 1.82) is 0 Å². The molecule has 84 valence electrons. The Morgan fingerprint density at radius 2 is 2.29 bits per heavy atom. The van der Waals surface area contributed by atoms with Gasteiger partial charge in [0.2, 0.25) is 0 Å². The van der Waals surface area contributed by atoms with Crippen LogP contribution in [0.2, 0.25) is 0 Å². The van der Waals surface area contributed by atoms with Crippen molar-refractivity contribution in [1.82, 2.24) is 4.90 Å². The first kappa shape index (κ1) is 12.4. The van der Waals surface area contributed by atoms with Crippen molar-refractivity contribution >= 4 is 25.8 Å². The first-order chi connectivity index (χ1) is 6.44. The van der Waals surface area contributed by atoms with E-state index in [1.165, 1.54) is 0 Å². The van der Waals surface area contributed by atoms with Gasteiger partial charge >= 0.3 is 0 Å². The quantitative estimate of drug-likeness (QED) is 0.731. The lowest BCUT2D eigenvalue weighted by atomic mass is 10.2. The van der Waals surface area contributed by atoms with Crippen molar-refractivity contribution < 1.29 is 13.5 Å². The van der Waals surface area contributed by atoms with Crippen molar-refractivity contribution in [2.45, 2.75) is 18.6 Å². The van der Waals surface area contributed by atoms with Crippen LogP contribution in [-0.2, 0) is 9.84 Å². The van der Waals surface area contributed by atoms with Gasteiger partial charge in [0.05, 0.1) is 17.6 Å². The Morgan fingerprint density at radius 3 is 2.71 bits per heavy atom. The molecule has 0 aromatic rings. The zero-order valence-corrected chi connectivity index (χ0v) is 10.6. The lowest BCUT2D eigenvalue weighted by Crippen LogP contribution is -2.38. The molecule has 2 unspecified atom stereocenters. The van der Waals surface area contributed by atoms with Gasteiger partial charge in [0.1, 0.15) is 0 Å². The Morgan fingerprint density at radius 1 is 1.64 bits per heavy atom. The Labute approximate surface area is 93.3 Å². The Bertz CT molecular complexity index is 280. The van der Waals surface area contributed by atoms with Gasteiger partial charge in [0.25, 0.3) is 0 Å². The minimum absolute atomic E-state index is 0.0775. The fraction of sp³-hybridized carbons (Fsp3) is 1.00. The number of alkyl halides is 1. The normalized spacial score (nSPS) is 28.1. The summed E-state index contributed by atoms with van der Waals surface area (Å²) in [5.74, 6) is 0.519. The number of halogens is 1. The molecule has 0 aromatic heterocycles. The first-order valence-corrected chi connectivity index (χ1v) is 7.53. The number of nitrogens with zero attached hydrogens (tertiary/aromatic N) is 1. The first-order valence-electron chi connectivity index (χ1n) is 4.59. The van der Waals surface area contributed by atoms with Crippen LogP contribution in [0.1, 0.15) is 6.42 Å². The van der Waals surface area contributed by atoms with E-state index in [0.717, 1.165) is 0 Å². The number of aliphatic hydroxyl groups excluding tert-OH is 1. The van der Waals surface area contributed by atoms with Gasteiger partial charge in [-0.2, -0.15) is 0 Å². The molecule has 6 heteroatoms. The molecule has 1 rings (SSSR count). The highest BCUT2D eigenvalue weighted by molar-refractivity contribution is 9.09. The summed E-state index contributed by atoms with van der Waals surface area (Å²) < 4.78 is 22.4. The van der Waals surface area contributed by atoms with Gasteiger partial charge in [-0.15, -0.1) is 0 Å². The second-order valence-electron chi connectivity index (χ2n) is 3.80. The van der Waals surface area contributed by atoms with E-state index in [-0.39, 0.29) is 17.5 Å². The van der Waals surface area contributed by atoms with Gasteiger partial charge < -0.3 is 5.11 Å². The highest BCUT2D eigenvalue weighted by Gasteiger charge is 2.30. The van der Waals surface area contributed by atoms with Crippen LogP contribution >= 0.6 is 15.9 Å². The van der Waals surface area contributed by atoms with Crippen LogP contribution in [0.25, 0.3) is 0 Å². The fourth-order valence-corrected chi connectivity index (χ4v) is 3.66. The van der Waals surface area contributed by atoms with Gasteiger partial charge in [-0.3, -0.25) is 4.90 Å². The standard InChI is InChI=1S/C8H16BrNO3S/c1-10(5-8(11)4-9)7-2-3-14(12,13)6-7/h7-8,11H,2-6H2,1H3. The predicted molar refractivity (Wildman–Crippen MR) is 59.5 cm³/mol. The monoisotopic (exact) mass is 285 g/mol. The fourth-order valence-electron chi connectivity index (χ4n) is 1.65. The largest absolute Gasteiger partial charge is 0.391 e. The summed E-state index contributed by atoms with van der Waals surface area (Å²) >= 11 is 3.18. The molecule has 0 radical (unpaired) electrons. The third-order valence-corrected chi connectivity index (χ3v) is 5.01. The van der Waals surface area contributed by atoms with Crippen LogP contribution in [0.3, 0.4) is 0 Å². The van der Waals surface area contributed by atoms with Gasteiger partial charge in [-0.25, -0.2) is 8.42 Å². The molecule has 0 bridgehead atoms. The molecule has 0 aromatic carbocycles. The Hall–Kier alpha value is 0.350. The highest BCUT2D eigenvalue weighted by Crippen LogP contribution is 2.16. The summed E-state index contributed by atoms with van der Waals surface area (Å²) in [5, 5.41) is 9.91. The zero-order chi connectivity index (χ0) is 10.8. The van der Waals surface area contributed by atoms with Gasteiger partial charge in [-0.1, -0.05) is 15.9 Å². The van der Waals surface area contributed by atoms with E-state index in [0.29, 0.717) is 18.3 Å². The number of aliphatic hydroxyl groups is 1. The minimum atomic E-state index is -2.82. The van der Waals surface area contributed by atoms with Crippen molar-refractivity contribution in [2.75, 3.05) is 30.4 Å². The molecule has 4 nitrogen and oxygen atoms in total. The molecular formula is C8H16BrNO3S. The maximum atomic E-state index is 11.2. The SMILES string of the molecule is CN(CC(O)CBr)C1CCS(=O)(=O)C1. The molecule has 0 spiro atoms. The van der Waals surface area contributed by atoms with Crippen molar-refractivity contribution in [2.24, 2.45) is 0 Å². The van der Waals surface area contributed by atoms with E-state index in [1.54, 1.807) is 0 Å². The van der Waals surface area contributed by atoms with E-state index < -0.39 is 15.9 Å². The smallest absolute Gasteiger partial charge is 0.151 e. The molecule has 0 saturated carbocycles. The average Bonchev–Trinajstić information content (AvgIpc) is 2.46. The van der Waals surface area contributed by atoms with E-state index in [4.69, 9.17) is 0 Å². The minimum Gasteiger partial charge on any atom is -0.391 e. The van der Waals surface area contributed by atoms with Gasteiger partial charge in [0.15, 0.2) is 9.84 Å². The molecule has 1 fully saturated rings. The number of hydrogen-bond acceptors (Lipinski definition) is 4. The summed E-state index contributed by atoms with van der Waals surface area (Å²) in [6, 6.07) is 0.0775. The highest BCUT2D eigenvalue weighted by atomic mass is 79.9. The maximum Gasteiger partial charge on any atom is 0.151 e. The molecule has 1 N–H and O–H groups in total. The molecule has 1 aliphatic rings. The number of likely N-dealkylation sites (N-methyl/N-ethyl adjacent to an activating group) is 1. The Balaban J connectivity index is 2.43. The molecular weight excluding hydrogens is 270 g/mol. The molecule has 0 aliphatic carbocycles. The Kier molecular flexibility index (Phi) is 4.36. The number of rotatable bonds is 4. The molecule has 2 atom stereocenters. The van der Waals surface area contributed by atoms with Crippen LogP contribution in [-0.4, -0.2) is 61.0 Å².